The molecule has 0 saturated heterocycles. The lowest BCUT2D eigenvalue weighted by Crippen LogP contribution is -2.14. The Kier molecular flexibility index (Phi) is 6.57. The summed E-state index contributed by atoms with van der Waals surface area (Å²) in [4.78, 5) is 34.2. The van der Waals surface area contributed by atoms with E-state index in [1.807, 2.05) is 121 Å². The van der Waals surface area contributed by atoms with Gasteiger partial charge in [-0.2, -0.15) is 9.97 Å². The number of imidazole rings is 1. The average molecular weight is 693 g/mol. The molecule has 0 unspecified atom stereocenters. The molecule has 7 aromatic carbocycles. The van der Waals surface area contributed by atoms with Gasteiger partial charge in [-0.25, -0.2) is 9.97 Å². The van der Waals surface area contributed by atoms with Crippen molar-refractivity contribution in [3.05, 3.63) is 180 Å². The second-order valence-corrected chi connectivity index (χ2v) is 13.5. The topological polar surface area (TPSA) is 78.0 Å². The lowest BCUT2D eigenvalue weighted by molar-refractivity contribution is 0.953. The fraction of sp³-hybridized carbons (Fsp3) is 0. The van der Waals surface area contributed by atoms with Crippen LogP contribution in [0.3, 0.4) is 0 Å². The summed E-state index contributed by atoms with van der Waals surface area (Å²) in [6.45, 7) is 0. The van der Waals surface area contributed by atoms with Crippen LogP contribution < -0.4 is 5.56 Å². The van der Waals surface area contributed by atoms with Gasteiger partial charge < -0.3 is 0 Å². The highest BCUT2D eigenvalue weighted by Gasteiger charge is 2.21. The molecule has 252 valence electrons. The van der Waals surface area contributed by atoms with E-state index in [1.54, 1.807) is 4.40 Å². The summed E-state index contributed by atoms with van der Waals surface area (Å²) in [6, 6.07) is 57.1. The molecule has 7 heteroatoms. The number of nitrogens with zero attached hydrogens (tertiary/aromatic N) is 6. The van der Waals surface area contributed by atoms with Crippen LogP contribution in [0.25, 0.3) is 100 Å². The molecule has 0 aliphatic rings. The van der Waals surface area contributed by atoms with E-state index in [-0.39, 0.29) is 5.56 Å². The van der Waals surface area contributed by atoms with Gasteiger partial charge in [0.2, 0.25) is 5.95 Å². The molecule has 0 fully saturated rings. The van der Waals surface area contributed by atoms with Gasteiger partial charge >= 0.3 is 0 Å². The standard InChI is InChI=1S/C47H28N6O/c54-46-36-22-11-10-20-34(36)38-27-33(28-39-42(38)53(46)45(48-39)31-18-8-3-9-19-31)32-24-25-41-37(26-32)35-21-12-13-23-40(35)52(41)47-50-43(29-14-4-1-5-15-29)49-44(51-47)30-16-6-2-7-17-30/h1-28H. The first-order valence-electron chi connectivity index (χ1n) is 17.9. The third kappa shape index (κ3) is 4.58. The summed E-state index contributed by atoms with van der Waals surface area (Å²) in [7, 11) is 0. The van der Waals surface area contributed by atoms with Crippen molar-refractivity contribution >= 4 is 49.0 Å². The summed E-state index contributed by atoms with van der Waals surface area (Å²) < 4.78 is 3.92. The average Bonchev–Trinajstić information content (AvgIpc) is 3.80. The Hall–Kier alpha value is -7.51. The molecule has 0 aliphatic heterocycles. The summed E-state index contributed by atoms with van der Waals surface area (Å²) in [6.07, 6.45) is 0. The molecule has 7 nitrogen and oxygen atoms in total. The lowest BCUT2D eigenvalue weighted by Gasteiger charge is -2.11. The highest BCUT2D eigenvalue weighted by atomic mass is 16.1. The maximum Gasteiger partial charge on any atom is 0.264 e. The van der Waals surface area contributed by atoms with Gasteiger partial charge in [-0.3, -0.25) is 13.8 Å². The van der Waals surface area contributed by atoms with Crippen LogP contribution >= 0.6 is 0 Å². The molecule has 4 aromatic heterocycles. The first-order valence-corrected chi connectivity index (χ1v) is 17.9. The molecule has 0 bridgehead atoms. The Morgan fingerprint density at radius 3 is 1.63 bits per heavy atom. The second kappa shape index (κ2) is 11.8. The molecule has 0 spiro atoms. The van der Waals surface area contributed by atoms with Crippen LogP contribution in [0, 0.1) is 0 Å². The fourth-order valence-corrected chi connectivity index (χ4v) is 7.85. The maximum absolute atomic E-state index is 14.0. The number of fused-ring (bicyclic) bond motifs is 5. The lowest BCUT2D eigenvalue weighted by atomic mass is 9.98. The Labute approximate surface area is 308 Å². The SMILES string of the molecule is O=c1c2ccccc2c2cc(-c3ccc4c(c3)c3ccccc3n4-c3nc(-c4ccccc4)nc(-c4ccccc4)n3)cc3nc(-c4ccccc4)n1c32. The van der Waals surface area contributed by atoms with E-state index in [9.17, 15) is 4.79 Å². The van der Waals surface area contributed by atoms with Crippen LogP contribution in [0.5, 0.6) is 0 Å². The van der Waals surface area contributed by atoms with Gasteiger partial charge in [-0.1, -0.05) is 133 Å². The summed E-state index contributed by atoms with van der Waals surface area (Å²) in [5.74, 6) is 2.41. The molecular formula is C47H28N6O. The van der Waals surface area contributed by atoms with E-state index < -0.39 is 0 Å². The van der Waals surface area contributed by atoms with Crippen molar-refractivity contribution in [1.29, 1.82) is 0 Å². The van der Waals surface area contributed by atoms with E-state index in [0.29, 0.717) is 28.8 Å². The molecule has 0 aliphatic carbocycles. The van der Waals surface area contributed by atoms with Crippen molar-refractivity contribution in [2.75, 3.05) is 0 Å². The molecule has 0 N–H and O–H groups in total. The largest absolute Gasteiger partial charge is 0.278 e. The van der Waals surface area contributed by atoms with Crippen LogP contribution in [0.15, 0.2) is 175 Å². The van der Waals surface area contributed by atoms with Gasteiger partial charge in [-0.15, -0.1) is 0 Å². The van der Waals surface area contributed by atoms with Crippen molar-refractivity contribution in [1.82, 2.24) is 28.9 Å². The van der Waals surface area contributed by atoms with Gasteiger partial charge in [0.1, 0.15) is 5.82 Å². The van der Waals surface area contributed by atoms with Crippen molar-refractivity contribution in [3.63, 3.8) is 0 Å². The van der Waals surface area contributed by atoms with Crippen molar-refractivity contribution in [2.24, 2.45) is 0 Å². The monoisotopic (exact) mass is 692 g/mol. The van der Waals surface area contributed by atoms with Crippen LogP contribution in [0.1, 0.15) is 0 Å². The van der Waals surface area contributed by atoms with Crippen molar-refractivity contribution in [3.8, 4) is 51.2 Å². The van der Waals surface area contributed by atoms with Crippen LogP contribution in [0.2, 0.25) is 0 Å². The highest BCUT2D eigenvalue weighted by Crippen LogP contribution is 2.38. The molecular weight excluding hydrogens is 665 g/mol. The number of benzene rings is 7. The van der Waals surface area contributed by atoms with Gasteiger partial charge in [-0.05, 0) is 52.9 Å². The van der Waals surface area contributed by atoms with E-state index in [0.717, 1.165) is 71.4 Å². The molecule has 0 radical (unpaired) electrons. The predicted octanol–water partition coefficient (Wildman–Crippen LogP) is 10.4. The summed E-state index contributed by atoms with van der Waals surface area (Å²) in [5.41, 5.74) is 8.32. The smallest absolute Gasteiger partial charge is 0.264 e. The zero-order valence-electron chi connectivity index (χ0n) is 28.8. The van der Waals surface area contributed by atoms with E-state index >= 15 is 0 Å². The van der Waals surface area contributed by atoms with Gasteiger partial charge in [0.05, 0.1) is 22.1 Å². The Balaban J connectivity index is 1.15. The zero-order valence-corrected chi connectivity index (χ0v) is 28.8. The Morgan fingerprint density at radius 2 is 0.944 bits per heavy atom. The minimum absolute atomic E-state index is 0.0643. The number of hydrogen-bond donors (Lipinski definition) is 0. The molecule has 4 heterocycles. The fourth-order valence-electron chi connectivity index (χ4n) is 7.85. The highest BCUT2D eigenvalue weighted by molar-refractivity contribution is 6.14. The molecule has 54 heavy (non-hydrogen) atoms. The number of rotatable bonds is 5. The van der Waals surface area contributed by atoms with Crippen LogP contribution in [-0.4, -0.2) is 28.9 Å². The molecule has 11 rings (SSSR count). The number of para-hydroxylation sites is 1. The van der Waals surface area contributed by atoms with Gasteiger partial charge in [0, 0.05) is 38.2 Å². The third-order valence-corrected chi connectivity index (χ3v) is 10.3. The minimum atomic E-state index is -0.0643. The number of aromatic nitrogens is 6. The summed E-state index contributed by atoms with van der Waals surface area (Å²) in [5, 5.41) is 4.73. The molecule has 11 aromatic rings. The van der Waals surface area contributed by atoms with E-state index in [4.69, 9.17) is 19.9 Å². The predicted molar refractivity (Wildman–Crippen MR) is 217 cm³/mol. The van der Waals surface area contributed by atoms with Gasteiger partial charge in [0.25, 0.3) is 5.56 Å². The molecule has 0 amide bonds. The molecule has 0 atom stereocenters. The second-order valence-electron chi connectivity index (χ2n) is 13.5. The van der Waals surface area contributed by atoms with Gasteiger partial charge in [0.15, 0.2) is 11.6 Å². The van der Waals surface area contributed by atoms with Crippen LogP contribution in [0.4, 0.5) is 0 Å². The van der Waals surface area contributed by atoms with E-state index in [2.05, 4.69) is 53.1 Å². The zero-order chi connectivity index (χ0) is 35.8. The quantitative estimate of drug-likeness (QED) is 0.168. The number of hydrogen-bond acceptors (Lipinski definition) is 5. The Morgan fingerprint density at radius 1 is 0.389 bits per heavy atom. The van der Waals surface area contributed by atoms with Crippen molar-refractivity contribution in [2.45, 2.75) is 0 Å². The third-order valence-electron chi connectivity index (χ3n) is 10.3. The maximum atomic E-state index is 14.0. The first kappa shape index (κ1) is 30.1. The number of pyridine rings is 1. The normalized spacial score (nSPS) is 11.8. The Bertz CT molecular complexity index is 3220. The first-order chi connectivity index (χ1) is 26.7. The van der Waals surface area contributed by atoms with Crippen molar-refractivity contribution < 1.29 is 0 Å². The molecule has 0 saturated carbocycles. The minimum Gasteiger partial charge on any atom is -0.278 e. The summed E-state index contributed by atoms with van der Waals surface area (Å²) >= 11 is 0. The van der Waals surface area contributed by atoms with Crippen LogP contribution in [-0.2, 0) is 0 Å². The van der Waals surface area contributed by atoms with E-state index in [1.165, 1.54) is 0 Å².